The van der Waals surface area contributed by atoms with E-state index in [0.29, 0.717) is 5.56 Å². The van der Waals surface area contributed by atoms with Crippen LogP contribution in [0.4, 0.5) is 10.1 Å². The largest absolute Gasteiger partial charge is 0.378 e. The normalized spacial score (nSPS) is 11.7. The minimum atomic E-state index is -0.239. The average molecular weight is 319 g/mol. The van der Waals surface area contributed by atoms with Crippen molar-refractivity contribution >= 4 is 21.6 Å². The second-order valence-corrected chi connectivity index (χ2v) is 5.08. The molecule has 0 aliphatic heterocycles. The van der Waals surface area contributed by atoms with Gasteiger partial charge in [0.15, 0.2) is 0 Å². The molecule has 0 bridgehead atoms. The lowest BCUT2D eigenvalue weighted by molar-refractivity contribution is 0.626. The van der Waals surface area contributed by atoms with Crippen molar-refractivity contribution in [2.24, 2.45) is 0 Å². The van der Waals surface area contributed by atoms with Crippen LogP contribution in [-0.4, -0.2) is 0 Å². The molecule has 4 heteroatoms. The summed E-state index contributed by atoms with van der Waals surface area (Å²) >= 11 is 3.35. The van der Waals surface area contributed by atoms with Crippen molar-refractivity contribution in [3.05, 3.63) is 63.9 Å². The first kappa shape index (κ1) is 13.6. The zero-order valence-electron chi connectivity index (χ0n) is 10.3. The Balaban J connectivity index is 2.15. The van der Waals surface area contributed by atoms with E-state index in [1.165, 1.54) is 12.1 Å². The van der Waals surface area contributed by atoms with Gasteiger partial charge >= 0.3 is 0 Å². The van der Waals surface area contributed by atoms with Crippen LogP contribution >= 0.6 is 15.9 Å². The molecule has 0 spiro atoms. The van der Waals surface area contributed by atoms with Gasteiger partial charge in [-0.1, -0.05) is 12.1 Å². The number of halogens is 2. The molecule has 2 rings (SSSR count). The summed E-state index contributed by atoms with van der Waals surface area (Å²) < 4.78 is 13.6. The smallest absolute Gasteiger partial charge is 0.123 e. The lowest BCUT2D eigenvalue weighted by Gasteiger charge is -2.16. The Bertz CT molecular complexity index is 617. The molecule has 0 fully saturated rings. The van der Waals surface area contributed by atoms with E-state index in [1.807, 2.05) is 19.1 Å². The van der Waals surface area contributed by atoms with Gasteiger partial charge in [0, 0.05) is 16.2 Å². The molecule has 1 atom stereocenters. The molecule has 0 heterocycles. The Morgan fingerprint density at radius 3 is 2.47 bits per heavy atom. The molecule has 0 amide bonds. The maximum absolute atomic E-state index is 12.9. The van der Waals surface area contributed by atoms with Crippen molar-refractivity contribution in [3.8, 4) is 6.07 Å². The summed E-state index contributed by atoms with van der Waals surface area (Å²) in [6.45, 7) is 2.00. The minimum absolute atomic E-state index is 0.0560. The van der Waals surface area contributed by atoms with Gasteiger partial charge in [-0.15, -0.1) is 0 Å². The first-order valence-electron chi connectivity index (χ1n) is 5.82. The van der Waals surface area contributed by atoms with E-state index in [4.69, 9.17) is 5.26 Å². The van der Waals surface area contributed by atoms with E-state index < -0.39 is 0 Å². The second-order valence-electron chi connectivity index (χ2n) is 4.22. The van der Waals surface area contributed by atoms with Crippen LogP contribution in [-0.2, 0) is 0 Å². The quantitative estimate of drug-likeness (QED) is 0.895. The highest BCUT2D eigenvalue weighted by atomic mass is 79.9. The van der Waals surface area contributed by atoms with E-state index in [2.05, 4.69) is 27.3 Å². The number of nitrogens with zero attached hydrogens (tertiary/aromatic N) is 1. The number of anilines is 1. The summed E-state index contributed by atoms with van der Waals surface area (Å²) in [5, 5.41) is 12.2. The molecule has 19 heavy (non-hydrogen) atoms. The molecule has 0 aliphatic carbocycles. The zero-order chi connectivity index (χ0) is 13.8. The molecule has 0 radical (unpaired) electrons. The van der Waals surface area contributed by atoms with E-state index in [1.54, 1.807) is 18.2 Å². The standard InChI is InChI=1S/C15H12BrFN2/c1-10(11-2-5-13(17)6-3-11)19-14-7-4-12(9-18)15(16)8-14/h2-8,10,19H,1H3. The van der Waals surface area contributed by atoms with Crippen molar-refractivity contribution in [1.29, 1.82) is 5.26 Å². The van der Waals surface area contributed by atoms with E-state index in [-0.39, 0.29) is 11.9 Å². The van der Waals surface area contributed by atoms with Crippen molar-refractivity contribution < 1.29 is 4.39 Å². The second kappa shape index (κ2) is 5.85. The van der Waals surface area contributed by atoms with Gasteiger partial charge in [-0.25, -0.2) is 4.39 Å². The summed E-state index contributed by atoms with van der Waals surface area (Å²) in [5.74, 6) is -0.239. The van der Waals surface area contributed by atoms with Crippen LogP contribution in [0.15, 0.2) is 46.9 Å². The third-order valence-corrected chi connectivity index (χ3v) is 3.50. The fraction of sp³-hybridized carbons (Fsp3) is 0.133. The minimum Gasteiger partial charge on any atom is -0.378 e. The maximum atomic E-state index is 12.9. The van der Waals surface area contributed by atoms with Gasteiger partial charge < -0.3 is 5.32 Å². The number of rotatable bonds is 3. The fourth-order valence-electron chi connectivity index (χ4n) is 1.78. The van der Waals surface area contributed by atoms with Crippen LogP contribution in [0.1, 0.15) is 24.1 Å². The Kier molecular flexibility index (Phi) is 4.18. The zero-order valence-corrected chi connectivity index (χ0v) is 11.9. The highest BCUT2D eigenvalue weighted by Crippen LogP contribution is 2.24. The van der Waals surface area contributed by atoms with Crippen molar-refractivity contribution in [3.63, 3.8) is 0 Å². The Labute approximate surface area is 120 Å². The summed E-state index contributed by atoms with van der Waals surface area (Å²) in [5.41, 5.74) is 2.50. The number of hydrogen-bond acceptors (Lipinski definition) is 2. The third-order valence-electron chi connectivity index (χ3n) is 2.84. The van der Waals surface area contributed by atoms with Crippen molar-refractivity contribution in [1.82, 2.24) is 0 Å². The summed E-state index contributed by atoms with van der Waals surface area (Å²) in [6, 6.07) is 14.0. The van der Waals surface area contributed by atoms with Crippen LogP contribution in [0.25, 0.3) is 0 Å². The Morgan fingerprint density at radius 2 is 1.89 bits per heavy atom. The van der Waals surface area contributed by atoms with Crippen LogP contribution in [0, 0.1) is 17.1 Å². The van der Waals surface area contributed by atoms with Crippen molar-refractivity contribution in [2.45, 2.75) is 13.0 Å². The molecule has 2 aromatic carbocycles. The first-order chi connectivity index (χ1) is 9.10. The topological polar surface area (TPSA) is 35.8 Å². The van der Waals surface area contributed by atoms with Gasteiger partial charge in [0.25, 0.3) is 0 Å². The average Bonchev–Trinajstić information content (AvgIpc) is 2.39. The molecular formula is C15H12BrFN2. The highest BCUT2D eigenvalue weighted by molar-refractivity contribution is 9.10. The lowest BCUT2D eigenvalue weighted by Crippen LogP contribution is -2.06. The van der Waals surface area contributed by atoms with Crippen LogP contribution in [0.3, 0.4) is 0 Å². The number of nitriles is 1. The Morgan fingerprint density at radius 1 is 1.21 bits per heavy atom. The van der Waals surface area contributed by atoms with E-state index in [0.717, 1.165) is 15.7 Å². The first-order valence-corrected chi connectivity index (χ1v) is 6.61. The highest BCUT2D eigenvalue weighted by Gasteiger charge is 2.07. The van der Waals surface area contributed by atoms with Gasteiger partial charge in [0.05, 0.1) is 5.56 Å². The molecule has 0 aliphatic rings. The maximum Gasteiger partial charge on any atom is 0.123 e. The van der Waals surface area contributed by atoms with Crippen LogP contribution in [0.2, 0.25) is 0 Å². The molecule has 0 aromatic heterocycles. The number of hydrogen-bond donors (Lipinski definition) is 1. The van der Waals surface area contributed by atoms with Gasteiger partial charge in [0.1, 0.15) is 11.9 Å². The van der Waals surface area contributed by atoms with Crippen LogP contribution in [0.5, 0.6) is 0 Å². The van der Waals surface area contributed by atoms with Gasteiger partial charge in [0.2, 0.25) is 0 Å². The molecule has 2 nitrogen and oxygen atoms in total. The molecule has 1 unspecified atom stereocenters. The fourth-order valence-corrected chi connectivity index (χ4v) is 2.25. The summed E-state index contributed by atoms with van der Waals surface area (Å²) in [7, 11) is 0. The van der Waals surface area contributed by atoms with Gasteiger partial charge in [-0.3, -0.25) is 0 Å². The Hall–Kier alpha value is -1.86. The SMILES string of the molecule is CC(Nc1ccc(C#N)c(Br)c1)c1ccc(F)cc1. The van der Waals surface area contributed by atoms with Crippen LogP contribution < -0.4 is 5.32 Å². The van der Waals surface area contributed by atoms with Gasteiger partial charge in [-0.2, -0.15) is 5.26 Å². The number of benzene rings is 2. The molecule has 2 aromatic rings. The third kappa shape index (κ3) is 3.33. The molecule has 0 saturated carbocycles. The van der Waals surface area contributed by atoms with E-state index in [9.17, 15) is 4.39 Å². The summed E-state index contributed by atoms with van der Waals surface area (Å²) in [4.78, 5) is 0. The molecule has 1 N–H and O–H groups in total. The molecule has 0 saturated heterocycles. The summed E-state index contributed by atoms with van der Waals surface area (Å²) in [6.07, 6.45) is 0. The lowest BCUT2D eigenvalue weighted by atomic mass is 10.1. The molecular weight excluding hydrogens is 307 g/mol. The monoisotopic (exact) mass is 318 g/mol. The predicted octanol–water partition coefficient (Wildman–Crippen LogP) is 4.63. The van der Waals surface area contributed by atoms with Crippen molar-refractivity contribution in [2.75, 3.05) is 5.32 Å². The number of nitrogens with one attached hydrogen (secondary N) is 1. The molecule has 96 valence electrons. The van der Waals surface area contributed by atoms with Gasteiger partial charge in [-0.05, 0) is 58.7 Å². The van der Waals surface area contributed by atoms with E-state index >= 15 is 0 Å². The predicted molar refractivity (Wildman–Crippen MR) is 77.3 cm³/mol.